The van der Waals surface area contributed by atoms with Gasteiger partial charge >= 0.3 is 60.8 Å². The summed E-state index contributed by atoms with van der Waals surface area (Å²) in [5, 5.41) is 0. The maximum atomic E-state index is 0. The molecule has 0 atom stereocenters. The van der Waals surface area contributed by atoms with E-state index in [2.05, 4.69) is 0 Å². The Morgan fingerprint density at radius 1 is 1.00 bits per heavy atom. The molecule has 4 heavy (non-hydrogen) atoms. The number of rotatable bonds is 0. The molecule has 0 aliphatic rings. The van der Waals surface area contributed by atoms with Crippen molar-refractivity contribution in [3.05, 3.63) is 0 Å². The topological polar surface area (TPSA) is 31.5 Å². The molecular formula is CH10CaMgO. The van der Waals surface area contributed by atoms with Gasteiger partial charge in [-0.05, 0) is 0 Å². The molecule has 0 saturated heterocycles. The zero-order valence-electron chi connectivity index (χ0n) is 0.500. The molecule has 0 amide bonds. The number of hydrogen-bond donors (Lipinski definition) is 0. The predicted octanol–water partition coefficient (Wildman–Crippen LogP) is -2.02. The van der Waals surface area contributed by atoms with Gasteiger partial charge in [-0.1, -0.05) is 7.43 Å². The first kappa shape index (κ1) is 37.7. The predicted molar refractivity (Wildman–Crippen MR) is 27.4 cm³/mol. The van der Waals surface area contributed by atoms with Crippen LogP contribution in [-0.4, -0.2) is 66.3 Å². The Labute approximate surface area is 72.6 Å². The van der Waals surface area contributed by atoms with Gasteiger partial charge in [0.05, 0.1) is 0 Å². The second-order valence-corrected chi connectivity index (χ2v) is 0. The largest absolute Gasteiger partial charge is 0.316 e. The smallest absolute Gasteiger partial charge is 0.316 e. The Morgan fingerprint density at radius 2 is 1.00 bits per heavy atom. The molecule has 0 aliphatic carbocycles. The van der Waals surface area contributed by atoms with Gasteiger partial charge in [0, 0.05) is 0 Å². The Kier molecular flexibility index (Phi) is 189. The van der Waals surface area contributed by atoms with Crippen LogP contribution >= 0.6 is 0 Å². The zero-order chi connectivity index (χ0) is 0. The first-order valence-corrected chi connectivity index (χ1v) is 0. The van der Waals surface area contributed by atoms with Gasteiger partial charge in [-0.15, -0.1) is 0 Å². The Balaban J connectivity index is 0. The molecule has 0 unspecified atom stereocenters. The van der Waals surface area contributed by atoms with E-state index in [0.717, 1.165) is 0 Å². The maximum Gasteiger partial charge on any atom is 0.316 e. The van der Waals surface area contributed by atoms with E-state index in [1.165, 1.54) is 0 Å². The van der Waals surface area contributed by atoms with Gasteiger partial charge in [-0.2, -0.15) is 0 Å². The van der Waals surface area contributed by atoms with Crippen LogP contribution in [0.15, 0.2) is 0 Å². The molecule has 0 rings (SSSR count). The fourth-order valence-corrected chi connectivity index (χ4v) is 0. The fourth-order valence-electron chi connectivity index (χ4n) is 0. The van der Waals surface area contributed by atoms with Crippen molar-refractivity contribution in [3.63, 3.8) is 0 Å². The molecule has 3 heteroatoms. The van der Waals surface area contributed by atoms with Crippen LogP contribution in [0.4, 0.5) is 0 Å². The summed E-state index contributed by atoms with van der Waals surface area (Å²) in [6.07, 6.45) is 0. The van der Waals surface area contributed by atoms with Crippen LogP contribution in [0.2, 0.25) is 0 Å². The first-order chi connectivity index (χ1) is 0. The second-order valence-electron chi connectivity index (χ2n) is 0. The summed E-state index contributed by atoms with van der Waals surface area (Å²) >= 11 is 0. The zero-order valence-corrected chi connectivity index (χ0v) is 0.500. The quantitative estimate of drug-likeness (QED) is 0.316. The van der Waals surface area contributed by atoms with Gasteiger partial charge in [-0.3, -0.25) is 0 Å². The van der Waals surface area contributed by atoms with Gasteiger partial charge in [0.15, 0.2) is 0 Å². The molecule has 0 aromatic heterocycles. The van der Waals surface area contributed by atoms with E-state index < -0.39 is 0 Å². The van der Waals surface area contributed by atoms with Crippen LogP contribution in [0.1, 0.15) is 7.43 Å². The molecule has 0 bridgehead atoms. The van der Waals surface area contributed by atoms with E-state index in [0.29, 0.717) is 0 Å². The Bertz CT molecular complexity index is 8.00. The molecule has 0 aromatic rings. The molecule has 0 saturated carbocycles. The minimum absolute atomic E-state index is 0. The van der Waals surface area contributed by atoms with Crippen molar-refractivity contribution in [1.82, 2.24) is 0 Å². The van der Waals surface area contributed by atoms with Crippen molar-refractivity contribution in [2.45, 2.75) is 7.43 Å². The van der Waals surface area contributed by atoms with Crippen LogP contribution in [-0.2, 0) is 0 Å². The molecule has 0 aliphatic heterocycles. The van der Waals surface area contributed by atoms with Crippen molar-refractivity contribution in [1.29, 1.82) is 0 Å². The molecule has 1 nitrogen and oxygen atoms in total. The summed E-state index contributed by atoms with van der Waals surface area (Å²) < 4.78 is 0. The van der Waals surface area contributed by atoms with Crippen molar-refractivity contribution < 1.29 is 5.48 Å². The second kappa shape index (κ2) is 20.1. The van der Waals surface area contributed by atoms with Gasteiger partial charge in [0.25, 0.3) is 0 Å². The monoisotopic (exact) mass is 102 g/mol. The normalized spacial score (nSPS) is 0. The summed E-state index contributed by atoms with van der Waals surface area (Å²) in [6.45, 7) is 0. The average molecular weight is 102 g/mol. The van der Waals surface area contributed by atoms with Gasteiger partial charge in [-0.25, -0.2) is 0 Å². The molecule has 0 heterocycles. The Morgan fingerprint density at radius 3 is 1.00 bits per heavy atom. The van der Waals surface area contributed by atoms with E-state index in [1.807, 2.05) is 0 Å². The minimum Gasteiger partial charge on any atom is 0.316 e. The molecule has 0 spiro atoms. The minimum atomic E-state index is 0. The molecule has 24 valence electrons. The van der Waals surface area contributed by atoms with E-state index in [9.17, 15) is 0 Å². The van der Waals surface area contributed by atoms with Crippen LogP contribution in [0, 0.1) is 0 Å². The van der Waals surface area contributed by atoms with Crippen molar-refractivity contribution in [2.75, 3.05) is 0 Å². The van der Waals surface area contributed by atoms with Crippen LogP contribution in [0.5, 0.6) is 0 Å². The maximum absolute atomic E-state index is 0. The van der Waals surface area contributed by atoms with E-state index in [-0.39, 0.29) is 73.7 Å². The molecule has 0 radical (unpaired) electrons. The summed E-state index contributed by atoms with van der Waals surface area (Å²) in [4.78, 5) is 0. The first-order valence-electron chi connectivity index (χ1n) is 0. The van der Waals surface area contributed by atoms with Crippen LogP contribution in [0.25, 0.3) is 0 Å². The average Bonchev–Trinajstić information content (AvgIpc) is 0. The van der Waals surface area contributed by atoms with Crippen LogP contribution < -0.4 is 0 Å². The van der Waals surface area contributed by atoms with Crippen molar-refractivity contribution in [3.8, 4) is 0 Å². The van der Waals surface area contributed by atoms with Gasteiger partial charge in [0.2, 0.25) is 0 Å². The van der Waals surface area contributed by atoms with Gasteiger partial charge in [0.1, 0.15) is 0 Å². The third-order valence-electron chi connectivity index (χ3n) is 0. The molecular weight excluding hydrogens is 92.4 g/mol. The summed E-state index contributed by atoms with van der Waals surface area (Å²) in [7, 11) is 0. The summed E-state index contributed by atoms with van der Waals surface area (Å²) in [6, 6.07) is 0. The molecule has 0 fully saturated rings. The van der Waals surface area contributed by atoms with Crippen molar-refractivity contribution >= 4 is 60.8 Å². The van der Waals surface area contributed by atoms with E-state index in [1.54, 1.807) is 0 Å². The summed E-state index contributed by atoms with van der Waals surface area (Å²) in [5.41, 5.74) is 0. The van der Waals surface area contributed by atoms with Crippen LogP contribution in [0.3, 0.4) is 0 Å². The standard InChI is InChI=1S/CH4.Ca.Mg.H2O.4H/h1H4;;;1H2;;;;. The Hall–Kier alpha value is 1.99. The third-order valence-corrected chi connectivity index (χ3v) is 0. The van der Waals surface area contributed by atoms with Crippen molar-refractivity contribution in [2.24, 2.45) is 0 Å². The van der Waals surface area contributed by atoms with E-state index in [4.69, 9.17) is 0 Å². The van der Waals surface area contributed by atoms with Gasteiger partial charge < -0.3 is 5.48 Å². The SMILES string of the molecule is C.O.[CaH2].[MgH2]. The molecule has 0 aromatic carbocycles. The summed E-state index contributed by atoms with van der Waals surface area (Å²) in [5.74, 6) is 0. The van der Waals surface area contributed by atoms with E-state index >= 15 is 0 Å². The molecule has 2 N–H and O–H groups in total. The fraction of sp³-hybridized carbons (Fsp3) is 1.00. The number of hydrogen-bond acceptors (Lipinski definition) is 0. The third kappa shape index (κ3) is 9.01.